The molecule has 0 amide bonds. The van der Waals surface area contributed by atoms with E-state index in [9.17, 15) is 0 Å². The molecule has 0 spiro atoms. The number of nitrogens with one attached hydrogen (secondary N) is 1. The van der Waals surface area contributed by atoms with Crippen LogP contribution in [0.1, 0.15) is 39.0 Å². The van der Waals surface area contributed by atoms with Gasteiger partial charge in [-0.15, -0.1) is 0 Å². The van der Waals surface area contributed by atoms with Crippen molar-refractivity contribution < 1.29 is 4.74 Å². The van der Waals surface area contributed by atoms with Gasteiger partial charge in [-0.05, 0) is 52.2 Å². The van der Waals surface area contributed by atoms with Gasteiger partial charge in [-0.25, -0.2) is 0 Å². The van der Waals surface area contributed by atoms with Crippen molar-refractivity contribution in [2.75, 3.05) is 39.9 Å². The van der Waals surface area contributed by atoms with Crippen LogP contribution in [0.2, 0.25) is 0 Å². The number of methoxy groups -OCH3 is 1. The maximum atomic E-state index is 5.03. The number of likely N-dealkylation sites (tertiary alicyclic amines) is 1. The highest BCUT2D eigenvalue weighted by Gasteiger charge is 2.15. The molecule has 0 aromatic carbocycles. The lowest BCUT2D eigenvalue weighted by atomic mass is 10.1. The van der Waals surface area contributed by atoms with Crippen molar-refractivity contribution >= 4 is 0 Å². The van der Waals surface area contributed by atoms with Crippen LogP contribution >= 0.6 is 0 Å². The molecule has 0 aliphatic carbocycles. The molecule has 1 rings (SSSR count). The van der Waals surface area contributed by atoms with Crippen LogP contribution in [0.4, 0.5) is 0 Å². The van der Waals surface area contributed by atoms with Crippen LogP contribution < -0.4 is 5.32 Å². The first-order valence-corrected chi connectivity index (χ1v) is 6.78. The summed E-state index contributed by atoms with van der Waals surface area (Å²) >= 11 is 0. The molecule has 3 heteroatoms. The fraction of sp³-hybridized carbons (Fsp3) is 1.00. The largest absolute Gasteiger partial charge is 0.385 e. The lowest BCUT2D eigenvalue weighted by Crippen LogP contribution is -2.43. The standard InChI is InChI=1S/C13H28N2O/c1-13(15-9-5-3-6-10-15)12-14-8-4-7-11-16-2/h13-14H,3-12H2,1-2H3. The number of rotatable bonds is 8. The molecule has 96 valence electrons. The van der Waals surface area contributed by atoms with Crippen LogP contribution in [0.25, 0.3) is 0 Å². The van der Waals surface area contributed by atoms with Gasteiger partial charge in [0.05, 0.1) is 0 Å². The van der Waals surface area contributed by atoms with Crippen LogP contribution in [0, 0.1) is 0 Å². The second-order valence-corrected chi connectivity index (χ2v) is 4.85. The Balaban J connectivity index is 1.94. The van der Waals surface area contributed by atoms with E-state index in [0.29, 0.717) is 6.04 Å². The van der Waals surface area contributed by atoms with Gasteiger partial charge in [0.2, 0.25) is 0 Å². The summed E-state index contributed by atoms with van der Waals surface area (Å²) in [6.07, 6.45) is 6.59. The first kappa shape index (κ1) is 13.9. The topological polar surface area (TPSA) is 24.5 Å². The molecule has 16 heavy (non-hydrogen) atoms. The smallest absolute Gasteiger partial charge is 0.0462 e. The molecule has 1 aliphatic heterocycles. The Morgan fingerprint density at radius 2 is 1.94 bits per heavy atom. The van der Waals surface area contributed by atoms with Crippen LogP contribution in [0.15, 0.2) is 0 Å². The highest BCUT2D eigenvalue weighted by Crippen LogP contribution is 2.11. The minimum Gasteiger partial charge on any atom is -0.385 e. The van der Waals surface area contributed by atoms with Crippen molar-refractivity contribution in [3.8, 4) is 0 Å². The van der Waals surface area contributed by atoms with Gasteiger partial charge in [0.1, 0.15) is 0 Å². The fourth-order valence-electron chi connectivity index (χ4n) is 2.30. The zero-order chi connectivity index (χ0) is 11.6. The molecular weight excluding hydrogens is 200 g/mol. The maximum Gasteiger partial charge on any atom is 0.0462 e. The fourth-order valence-corrected chi connectivity index (χ4v) is 2.30. The quantitative estimate of drug-likeness (QED) is 0.642. The van der Waals surface area contributed by atoms with Crippen LogP contribution in [0.3, 0.4) is 0 Å². The molecule has 1 heterocycles. The van der Waals surface area contributed by atoms with Crippen molar-refractivity contribution in [1.29, 1.82) is 0 Å². The molecule has 0 aromatic rings. The predicted molar refractivity (Wildman–Crippen MR) is 68.9 cm³/mol. The molecule has 1 aliphatic rings. The first-order chi connectivity index (χ1) is 7.84. The van der Waals surface area contributed by atoms with Crippen LogP contribution in [-0.4, -0.2) is 50.8 Å². The number of nitrogens with zero attached hydrogens (tertiary/aromatic N) is 1. The first-order valence-electron chi connectivity index (χ1n) is 6.78. The van der Waals surface area contributed by atoms with E-state index in [4.69, 9.17) is 4.74 Å². The Morgan fingerprint density at radius 1 is 1.19 bits per heavy atom. The molecule has 0 aromatic heterocycles. The van der Waals surface area contributed by atoms with Gasteiger partial charge in [0, 0.05) is 26.3 Å². The number of hydrogen-bond acceptors (Lipinski definition) is 3. The van der Waals surface area contributed by atoms with E-state index in [0.717, 1.165) is 19.7 Å². The van der Waals surface area contributed by atoms with E-state index in [1.807, 2.05) is 0 Å². The summed E-state index contributed by atoms with van der Waals surface area (Å²) < 4.78 is 5.03. The summed E-state index contributed by atoms with van der Waals surface area (Å²) in [6, 6.07) is 0.697. The predicted octanol–water partition coefficient (Wildman–Crippen LogP) is 1.88. The number of unbranched alkanes of at least 4 members (excludes halogenated alkanes) is 1. The lowest BCUT2D eigenvalue weighted by molar-refractivity contribution is 0.169. The Labute approximate surface area is 101 Å². The number of ether oxygens (including phenoxy) is 1. The third-order valence-corrected chi connectivity index (χ3v) is 3.41. The summed E-state index contributed by atoms with van der Waals surface area (Å²) in [4.78, 5) is 2.62. The van der Waals surface area contributed by atoms with Gasteiger partial charge in [0.15, 0.2) is 0 Å². The van der Waals surface area contributed by atoms with Gasteiger partial charge in [-0.1, -0.05) is 6.42 Å². The van der Waals surface area contributed by atoms with E-state index in [1.54, 1.807) is 7.11 Å². The van der Waals surface area contributed by atoms with E-state index in [1.165, 1.54) is 45.2 Å². The van der Waals surface area contributed by atoms with Gasteiger partial charge in [-0.3, -0.25) is 4.90 Å². The molecule has 0 radical (unpaired) electrons. The Bertz CT molecular complexity index is 158. The molecule has 1 atom stereocenters. The number of hydrogen-bond donors (Lipinski definition) is 1. The molecule has 1 N–H and O–H groups in total. The molecular formula is C13H28N2O. The second-order valence-electron chi connectivity index (χ2n) is 4.85. The SMILES string of the molecule is COCCCCNCC(C)N1CCCCC1. The Morgan fingerprint density at radius 3 is 2.62 bits per heavy atom. The summed E-state index contributed by atoms with van der Waals surface area (Å²) in [5.41, 5.74) is 0. The van der Waals surface area contributed by atoms with Crippen molar-refractivity contribution in [1.82, 2.24) is 10.2 Å². The van der Waals surface area contributed by atoms with Gasteiger partial charge in [-0.2, -0.15) is 0 Å². The Hall–Kier alpha value is -0.120. The summed E-state index contributed by atoms with van der Waals surface area (Å²) in [5, 5.41) is 3.54. The molecule has 1 unspecified atom stereocenters. The third kappa shape index (κ3) is 5.83. The Kier molecular flexibility index (Phi) is 7.81. The van der Waals surface area contributed by atoms with Crippen LogP contribution in [0.5, 0.6) is 0 Å². The van der Waals surface area contributed by atoms with Gasteiger partial charge < -0.3 is 10.1 Å². The molecule has 0 saturated carbocycles. The van der Waals surface area contributed by atoms with Crippen LogP contribution in [-0.2, 0) is 4.74 Å². The minimum atomic E-state index is 0.697. The van der Waals surface area contributed by atoms with Crippen molar-refractivity contribution in [2.24, 2.45) is 0 Å². The zero-order valence-electron chi connectivity index (χ0n) is 11.0. The normalized spacial score (nSPS) is 19.9. The molecule has 1 saturated heterocycles. The average Bonchev–Trinajstić information content (AvgIpc) is 2.34. The average molecular weight is 228 g/mol. The molecule has 1 fully saturated rings. The summed E-state index contributed by atoms with van der Waals surface area (Å²) in [6.45, 7) is 8.09. The molecule has 0 bridgehead atoms. The monoisotopic (exact) mass is 228 g/mol. The van der Waals surface area contributed by atoms with Gasteiger partial charge in [0.25, 0.3) is 0 Å². The third-order valence-electron chi connectivity index (χ3n) is 3.41. The molecule has 3 nitrogen and oxygen atoms in total. The second kappa shape index (κ2) is 8.97. The van der Waals surface area contributed by atoms with E-state index in [2.05, 4.69) is 17.1 Å². The van der Waals surface area contributed by atoms with Crippen molar-refractivity contribution in [3.63, 3.8) is 0 Å². The highest BCUT2D eigenvalue weighted by atomic mass is 16.5. The zero-order valence-corrected chi connectivity index (χ0v) is 11.0. The number of piperidine rings is 1. The van der Waals surface area contributed by atoms with Gasteiger partial charge >= 0.3 is 0 Å². The maximum absolute atomic E-state index is 5.03. The van der Waals surface area contributed by atoms with Crippen molar-refractivity contribution in [2.45, 2.75) is 45.1 Å². The van der Waals surface area contributed by atoms with E-state index >= 15 is 0 Å². The lowest BCUT2D eigenvalue weighted by Gasteiger charge is -2.32. The highest BCUT2D eigenvalue weighted by molar-refractivity contribution is 4.73. The van der Waals surface area contributed by atoms with Crippen molar-refractivity contribution in [3.05, 3.63) is 0 Å². The summed E-state index contributed by atoms with van der Waals surface area (Å²) in [5.74, 6) is 0. The van der Waals surface area contributed by atoms with E-state index in [-0.39, 0.29) is 0 Å². The minimum absolute atomic E-state index is 0.697. The summed E-state index contributed by atoms with van der Waals surface area (Å²) in [7, 11) is 1.77. The van der Waals surface area contributed by atoms with E-state index < -0.39 is 0 Å².